The van der Waals surface area contributed by atoms with Crippen molar-refractivity contribution in [1.29, 1.82) is 0 Å². The van der Waals surface area contributed by atoms with Gasteiger partial charge in [-0.2, -0.15) is 8.42 Å². The van der Waals surface area contributed by atoms with Crippen LogP contribution in [0, 0.1) is 0 Å². The maximum atomic E-state index is 12.5. The Kier molecular flexibility index (Phi) is 8.84. The van der Waals surface area contributed by atoms with E-state index in [1.54, 1.807) is 23.1 Å². The van der Waals surface area contributed by atoms with E-state index in [9.17, 15) is 13.2 Å². The molecule has 2 amide bonds. The monoisotopic (exact) mass is 401 g/mol. The van der Waals surface area contributed by atoms with Crippen molar-refractivity contribution in [2.45, 2.75) is 33.4 Å². The molecule has 0 unspecified atom stereocenters. The Labute approximate surface area is 162 Å². The molecule has 0 bridgehead atoms. The number of amides is 2. The summed E-state index contributed by atoms with van der Waals surface area (Å²) in [6.07, 6.45) is 0. The Morgan fingerprint density at radius 1 is 1.19 bits per heavy atom. The number of carbonyl (C=O) groups is 1. The first-order chi connectivity index (χ1) is 12.6. The molecule has 1 aromatic carbocycles. The van der Waals surface area contributed by atoms with Gasteiger partial charge in [0, 0.05) is 25.7 Å². The highest BCUT2D eigenvalue weighted by Gasteiger charge is 2.18. The molecule has 0 aliphatic heterocycles. The molecule has 0 saturated heterocycles. The van der Waals surface area contributed by atoms with Crippen LogP contribution >= 0.6 is 0 Å². The maximum Gasteiger partial charge on any atom is 0.317 e. The molecular weight excluding hydrogens is 370 g/mol. The molecule has 27 heavy (non-hydrogen) atoms. The topological polar surface area (TPSA) is 88.2 Å². The summed E-state index contributed by atoms with van der Waals surface area (Å²) in [5.41, 5.74) is 0.745. The number of hydrogen-bond acceptors (Lipinski definition) is 6. The fraction of sp³-hybridized carbons (Fsp3) is 0.611. The summed E-state index contributed by atoms with van der Waals surface area (Å²) in [5, 5.41) is 2.89. The van der Waals surface area contributed by atoms with Gasteiger partial charge in [-0.3, -0.25) is 0 Å². The molecule has 0 fully saturated rings. The second kappa shape index (κ2) is 10.4. The molecule has 1 N–H and O–H groups in total. The predicted octanol–water partition coefficient (Wildman–Crippen LogP) is 1.91. The molecule has 0 radical (unpaired) electrons. The summed E-state index contributed by atoms with van der Waals surface area (Å²) in [6, 6.07) is 4.86. The van der Waals surface area contributed by atoms with Crippen molar-refractivity contribution in [1.82, 2.24) is 15.1 Å². The number of nitrogens with zero attached hydrogens (tertiary/aromatic N) is 2. The van der Waals surface area contributed by atoms with Crippen LogP contribution in [0.15, 0.2) is 18.2 Å². The molecule has 1 rings (SSSR count). The summed E-state index contributed by atoms with van der Waals surface area (Å²) < 4.78 is 34.0. The van der Waals surface area contributed by atoms with Crippen LogP contribution < -0.4 is 14.2 Å². The van der Waals surface area contributed by atoms with Crippen molar-refractivity contribution < 1.29 is 22.1 Å². The zero-order valence-electron chi connectivity index (χ0n) is 17.0. The number of methoxy groups -OCH3 is 1. The molecular formula is C18H31N3O5S. The largest absolute Gasteiger partial charge is 0.493 e. The van der Waals surface area contributed by atoms with Crippen LogP contribution in [-0.2, 0) is 16.7 Å². The molecule has 0 heterocycles. The van der Waals surface area contributed by atoms with Crippen molar-refractivity contribution in [3.63, 3.8) is 0 Å². The minimum atomic E-state index is -3.68. The van der Waals surface area contributed by atoms with Crippen LogP contribution in [0.4, 0.5) is 4.79 Å². The fourth-order valence-corrected chi connectivity index (χ4v) is 2.73. The number of carbonyl (C=O) groups excluding carboxylic acids is 1. The average molecular weight is 402 g/mol. The smallest absolute Gasteiger partial charge is 0.317 e. The van der Waals surface area contributed by atoms with Crippen LogP contribution in [0.1, 0.15) is 26.3 Å². The second-order valence-electron chi connectivity index (χ2n) is 6.74. The summed E-state index contributed by atoms with van der Waals surface area (Å²) >= 11 is 0. The standard InChI is InChI=1S/C18H31N3O5S/c1-7-27(23,24)26-17-12-15(8-9-16(17)25-6)13-21(11-10-20(4)5)18(22)19-14(2)3/h8-9,12,14H,7,10-11,13H2,1-6H3,(H,19,22). The van der Waals surface area contributed by atoms with E-state index in [4.69, 9.17) is 8.92 Å². The number of ether oxygens (including phenoxy) is 1. The first-order valence-electron chi connectivity index (χ1n) is 8.87. The van der Waals surface area contributed by atoms with Gasteiger partial charge in [0.15, 0.2) is 11.5 Å². The first-order valence-corrected chi connectivity index (χ1v) is 10.4. The van der Waals surface area contributed by atoms with Crippen molar-refractivity contribution >= 4 is 16.1 Å². The lowest BCUT2D eigenvalue weighted by Gasteiger charge is -2.26. The van der Waals surface area contributed by atoms with Crippen LogP contribution in [0.3, 0.4) is 0 Å². The predicted molar refractivity (Wildman–Crippen MR) is 106 cm³/mol. The summed E-state index contributed by atoms with van der Waals surface area (Å²) in [6.45, 7) is 6.86. The van der Waals surface area contributed by atoms with Gasteiger partial charge in [-0.15, -0.1) is 0 Å². The number of rotatable bonds is 10. The van der Waals surface area contributed by atoms with E-state index in [0.717, 1.165) is 5.56 Å². The number of hydrogen-bond donors (Lipinski definition) is 1. The van der Waals surface area contributed by atoms with Gasteiger partial charge in [-0.1, -0.05) is 6.07 Å². The Morgan fingerprint density at radius 3 is 2.37 bits per heavy atom. The van der Waals surface area contributed by atoms with E-state index in [1.807, 2.05) is 32.8 Å². The molecule has 0 aliphatic rings. The van der Waals surface area contributed by atoms with Gasteiger partial charge in [-0.25, -0.2) is 4.79 Å². The highest BCUT2D eigenvalue weighted by atomic mass is 32.2. The number of urea groups is 1. The lowest BCUT2D eigenvalue weighted by Crippen LogP contribution is -2.45. The molecule has 154 valence electrons. The van der Waals surface area contributed by atoms with E-state index in [0.29, 0.717) is 25.4 Å². The third-order valence-electron chi connectivity index (χ3n) is 3.69. The van der Waals surface area contributed by atoms with E-state index in [1.165, 1.54) is 14.0 Å². The Hall–Kier alpha value is -2.00. The van der Waals surface area contributed by atoms with E-state index in [2.05, 4.69) is 5.32 Å². The van der Waals surface area contributed by atoms with Crippen molar-refractivity contribution in [3.05, 3.63) is 23.8 Å². The number of likely N-dealkylation sites (N-methyl/N-ethyl adjacent to an activating group) is 1. The Balaban J connectivity index is 3.07. The maximum absolute atomic E-state index is 12.5. The molecule has 0 aliphatic carbocycles. The fourth-order valence-electron chi connectivity index (χ4n) is 2.21. The van der Waals surface area contributed by atoms with Crippen molar-refractivity contribution in [2.75, 3.05) is 40.0 Å². The zero-order valence-corrected chi connectivity index (χ0v) is 17.8. The van der Waals surface area contributed by atoms with Crippen LogP contribution in [0.5, 0.6) is 11.5 Å². The molecule has 0 saturated carbocycles. The Morgan fingerprint density at radius 2 is 1.85 bits per heavy atom. The zero-order chi connectivity index (χ0) is 20.6. The van der Waals surface area contributed by atoms with Crippen molar-refractivity contribution in [3.8, 4) is 11.5 Å². The van der Waals surface area contributed by atoms with Crippen LogP contribution in [0.2, 0.25) is 0 Å². The highest BCUT2D eigenvalue weighted by Crippen LogP contribution is 2.30. The molecule has 0 spiro atoms. The molecule has 0 atom stereocenters. The van der Waals surface area contributed by atoms with E-state index < -0.39 is 10.1 Å². The molecule has 0 aromatic heterocycles. The number of nitrogens with one attached hydrogen (secondary N) is 1. The quantitative estimate of drug-likeness (QED) is 0.603. The molecule has 1 aromatic rings. The first kappa shape index (κ1) is 23.0. The highest BCUT2D eigenvalue weighted by molar-refractivity contribution is 7.87. The average Bonchev–Trinajstić information content (AvgIpc) is 2.57. The van der Waals surface area contributed by atoms with Gasteiger partial charge in [0.25, 0.3) is 0 Å². The van der Waals surface area contributed by atoms with Gasteiger partial charge in [0.05, 0.1) is 12.9 Å². The molecule has 9 heteroatoms. The van der Waals surface area contributed by atoms with Gasteiger partial charge in [-0.05, 0) is 52.6 Å². The third kappa shape index (κ3) is 8.04. The summed E-state index contributed by atoms with van der Waals surface area (Å²) in [7, 11) is 1.64. The van der Waals surface area contributed by atoms with Crippen LogP contribution in [0.25, 0.3) is 0 Å². The van der Waals surface area contributed by atoms with Gasteiger partial charge in [0.1, 0.15) is 0 Å². The lowest BCUT2D eigenvalue weighted by molar-refractivity contribution is 0.186. The number of benzene rings is 1. The van der Waals surface area contributed by atoms with Gasteiger partial charge in [0.2, 0.25) is 0 Å². The van der Waals surface area contributed by atoms with Crippen molar-refractivity contribution in [2.24, 2.45) is 0 Å². The summed E-state index contributed by atoms with van der Waals surface area (Å²) in [4.78, 5) is 16.2. The molecule has 8 nitrogen and oxygen atoms in total. The lowest BCUT2D eigenvalue weighted by atomic mass is 10.2. The Bertz CT molecular complexity index is 720. The van der Waals surface area contributed by atoms with Crippen LogP contribution in [-0.4, -0.2) is 70.3 Å². The summed E-state index contributed by atoms with van der Waals surface area (Å²) in [5.74, 6) is 0.294. The normalized spacial score (nSPS) is 11.6. The van der Waals surface area contributed by atoms with E-state index in [-0.39, 0.29) is 23.6 Å². The minimum Gasteiger partial charge on any atom is -0.493 e. The second-order valence-corrected chi connectivity index (χ2v) is 8.60. The van der Waals surface area contributed by atoms with Gasteiger partial charge >= 0.3 is 16.1 Å². The third-order valence-corrected chi connectivity index (χ3v) is 4.83. The minimum absolute atomic E-state index is 0.0174. The SMILES string of the molecule is CCS(=O)(=O)Oc1cc(CN(CCN(C)C)C(=O)NC(C)C)ccc1OC. The van der Waals surface area contributed by atoms with Gasteiger partial charge < -0.3 is 24.0 Å². The van der Waals surface area contributed by atoms with E-state index >= 15 is 0 Å².